The first kappa shape index (κ1) is 19.0. The number of ether oxygens (including phenoxy) is 1. The smallest absolute Gasteiger partial charge is 0.277 e. The van der Waals surface area contributed by atoms with Crippen LogP contribution in [0.2, 0.25) is 0 Å². The lowest BCUT2D eigenvalue weighted by atomic mass is 10.0. The molecule has 0 atom stereocenters. The first-order chi connectivity index (χ1) is 13.0. The fourth-order valence-corrected chi connectivity index (χ4v) is 3.04. The van der Waals surface area contributed by atoms with Crippen molar-refractivity contribution in [1.82, 2.24) is 10.2 Å². The quantitative estimate of drug-likeness (QED) is 0.621. The van der Waals surface area contributed by atoms with Crippen LogP contribution < -0.4 is 10.1 Å². The largest absolute Gasteiger partial charge is 0.497 e. The highest BCUT2D eigenvalue weighted by Gasteiger charge is 2.11. The van der Waals surface area contributed by atoms with E-state index < -0.39 is 0 Å². The van der Waals surface area contributed by atoms with Gasteiger partial charge in [-0.15, -0.1) is 10.2 Å². The number of rotatable bonds is 7. The third-order valence-electron chi connectivity index (χ3n) is 4.08. The van der Waals surface area contributed by atoms with E-state index in [9.17, 15) is 4.79 Å². The highest BCUT2D eigenvalue weighted by atomic mass is 32.2. The number of methoxy groups -OCH3 is 1. The predicted molar refractivity (Wildman–Crippen MR) is 105 cm³/mol. The van der Waals surface area contributed by atoms with E-state index in [1.165, 1.54) is 22.9 Å². The Morgan fingerprint density at radius 3 is 2.59 bits per heavy atom. The van der Waals surface area contributed by atoms with E-state index in [0.29, 0.717) is 23.2 Å². The van der Waals surface area contributed by atoms with Gasteiger partial charge in [0.15, 0.2) is 0 Å². The molecule has 140 valence electrons. The number of aryl methyl sites for hydroxylation is 2. The summed E-state index contributed by atoms with van der Waals surface area (Å²) in [5, 5.41) is 11.3. The van der Waals surface area contributed by atoms with Crippen LogP contribution in [0.5, 0.6) is 5.75 Å². The molecule has 0 bridgehead atoms. The molecule has 1 amide bonds. The van der Waals surface area contributed by atoms with Crippen molar-refractivity contribution in [2.45, 2.75) is 25.5 Å². The number of thioether (sulfide) groups is 1. The van der Waals surface area contributed by atoms with Crippen LogP contribution in [0.25, 0.3) is 0 Å². The Hall–Kier alpha value is -2.80. The number of anilines is 1. The molecule has 0 aliphatic carbocycles. The van der Waals surface area contributed by atoms with E-state index in [0.717, 1.165) is 11.3 Å². The average molecular weight is 383 g/mol. The lowest BCUT2D eigenvalue weighted by molar-refractivity contribution is -0.113. The molecule has 2 aromatic carbocycles. The van der Waals surface area contributed by atoms with Crippen LogP contribution in [-0.2, 0) is 11.2 Å². The number of amides is 1. The molecule has 3 aromatic rings. The summed E-state index contributed by atoms with van der Waals surface area (Å²) >= 11 is 1.22. The van der Waals surface area contributed by atoms with Gasteiger partial charge in [-0.2, -0.15) is 0 Å². The normalized spacial score (nSPS) is 10.6. The maximum absolute atomic E-state index is 12.1. The van der Waals surface area contributed by atoms with Gasteiger partial charge in [0, 0.05) is 5.69 Å². The third kappa shape index (κ3) is 5.34. The molecule has 0 fully saturated rings. The monoisotopic (exact) mass is 383 g/mol. The maximum Gasteiger partial charge on any atom is 0.277 e. The van der Waals surface area contributed by atoms with Gasteiger partial charge in [0.2, 0.25) is 11.8 Å². The van der Waals surface area contributed by atoms with Gasteiger partial charge >= 0.3 is 0 Å². The Bertz CT molecular complexity index is 922. The number of carbonyl (C=O) groups is 1. The van der Waals surface area contributed by atoms with Crippen LogP contribution in [-0.4, -0.2) is 29.0 Å². The average Bonchev–Trinajstić information content (AvgIpc) is 3.11. The van der Waals surface area contributed by atoms with Crippen LogP contribution in [0.4, 0.5) is 5.69 Å². The molecule has 1 heterocycles. The van der Waals surface area contributed by atoms with Crippen LogP contribution in [0, 0.1) is 13.8 Å². The van der Waals surface area contributed by atoms with Crippen molar-refractivity contribution >= 4 is 23.4 Å². The highest BCUT2D eigenvalue weighted by Crippen LogP contribution is 2.20. The molecule has 0 radical (unpaired) electrons. The Balaban J connectivity index is 1.51. The Morgan fingerprint density at radius 1 is 1.11 bits per heavy atom. The molecule has 1 N–H and O–H groups in total. The second-order valence-corrected chi connectivity index (χ2v) is 7.05. The van der Waals surface area contributed by atoms with E-state index in [2.05, 4.69) is 47.6 Å². The summed E-state index contributed by atoms with van der Waals surface area (Å²) in [6.45, 7) is 4.16. The molecule has 0 saturated carbocycles. The van der Waals surface area contributed by atoms with Crippen LogP contribution in [0.3, 0.4) is 0 Å². The van der Waals surface area contributed by atoms with E-state index in [4.69, 9.17) is 9.15 Å². The summed E-state index contributed by atoms with van der Waals surface area (Å²) in [4.78, 5) is 12.1. The summed E-state index contributed by atoms with van der Waals surface area (Å²) < 4.78 is 10.7. The highest BCUT2D eigenvalue weighted by molar-refractivity contribution is 7.99. The van der Waals surface area contributed by atoms with Crippen molar-refractivity contribution in [3.05, 3.63) is 65.0 Å². The molecular formula is C20H21N3O3S. The predicted octanol–water partition coefficient (Wildman–Crippen LogP) is 4.02. The maximum atomic E-state index is 12.1. The summed E-state index contributed by atoms with van der Waals surface area (Å²) in [6.07, 6.45) is 0.576. The number of nitrogens with zero attached hydrogens (tertiary/aromatic N) is 2. The van der Waals surface area contributed by atoms with Crippen molar-refractivity contribution < 1.29 is 13.9 Å². The van der Waals surface area contributed by atoms with Crippen molar-refractivity contribution in [3.8, 4) is 5.75 Å². The number of hydrogen-bond acceptors (Lipinski definition) is 6. The minimum atomic E-state index is -0.140. The van der Waals surface area contributed by atoms with Crippen molar-refractivity contribution in [3.63, 3.8) is 0 Å². The van der Waals surface area contributed by atoms with E-state index >= 15 is 0 Å². The zero-order valence-corrected chi connectivity index (χ0v) is 16.3. The van der Waals surface area contributed by atoms with Gasteiger partial charge in [0.25, 0.3) is 5.22 Å². The van der Waals surface area contributed by atoms with Gasteiger partial charge in [0.1, 0.15) is 5.75 Å². The van der Waals surface area contributed by atoms with Crippen LogP contribution in [0.1, 0.15) is 22.6 Å². The zero-order chi connectivity index (χ0) is 19.2. The van der Waals surface area contributed by atoms with Gasteiger partial charge < -0.3 is 14.5 Å². The third-order valence-corrected chi connectivity index (χ3v) is 4.89. The first-order valence-electron chi connectivity index (χ1n) is 8.48. The summed E-state index contributed by atoms with van der Waals surface area (Å²) in [7, 11) is 1.60. The molecule has 6 nitrogen and oxygen atoms in total. The molecule has 3 rings (SSSR count). The number of nitrogens with one attached hydrogen (secondary N) is 1. The minimum absolute atomic E-state index is 0.140. The standard InChI is InChI=1S/C20H21N3O3S/c1-13-4-5-15(10-14(13)2)11-19-22-23-20(26-19)27-12-18(24)21-16-6-8-17(25-3)9-7-16/h4-10H,11-12H2,1-3H3,(H,21,24). The Labute approximate surface area is 162 Å². The number of carbonyl (C=O) groups excluding carboxylic acids is 1. The Morgan fingerprint density at radius 2 is 1.89 bits per heavy atom. The topological polar surface area (TPSA) is 77.2 Å². The molecule has 0 unspecified atom stereocenters. The van der Waals surface area contributed by atoms with Crippen molar-refractivity contribution in [2.24, 2.45) is 0 Å². The number of benzene rings is 2. The SMILES string of the molecule is COc1ccc(NC(=O)CSc2nnc(Cc3ccc(C)c(C)c3)o2)cc1. The van der Waals surface area contributed by atoms with Gasteiger partial charge in [-0.25, -0.2) is 0 Å². The molecular weight excluding hydrogens is 362 g/mol. The molecule has 27 heavy (non-hydrogen) atoms. The second kappa shape index (κ2) is 8.73. The summed E-state index contributed by atoms with van der Waals surface area (Å²) in [5.41, 5.74) is 4.32. The van der Waals surface area contributed by atoms with Gasteiger partial charge in [-0.1, -0.05) is 30.0 Å². The van der Waals surface area contributed by atoms with E-state index in [1.54, 1.807) is 31.4 Å². The second-order valence-electron chi connectivity index (χ2n) is 6.12. The van der Waals surface area contributed by atoms with Gasteiger partial charge in [-0.05, 0) is 54.8 Å². The minimum Gasteiger partial charge on any atom is -0.497 e. The molecule has 0 saturated heterocycles. The van der Waals surface area contributed by atoms with Crippen LogP contribution in [0.15, 0.2) is 52.1 Å². The molecule has 0 spiro atoms. The Kier molecular flexibility index (Phi) is 6.13. The summed E-state index contributed by atoms with van der Waals surface area (Å²) in [5.74, 6) is 1.33. The first-order valence-corrected chi connectivity index (χ1v) is 9.47. The fraction of sp³-hybridized carbons (Fsp3) is 0.250. The molecule has 1 aromatic heterocycles. The number of aromatic nitrogens is 2. The summed E-state index contributed by atoms with van der Waals surface area (Å²) in [6, 6.07) is 13.4. The van der Waals surface area contributed by atoms with E-state index in [-0.39, 0.29) is 11.7 Å². The lowest BCUT2D eigenvalue weighted by Gasteiger charge is -2.05. The fourth-order valence-electron chi connectivity index (χ4n) is 2.45. The van der Waals surface area contributed by atoms with Crippen molar-refractivity contribution in [2.75, 3.05) is 18.2 Å². The zero-order valence-electron chi connectivity index (χ0n) is 15.5. The molecule has 7 heteroatoms. The number of hydrogen-bond donors (Lipinski definition) is 1. The molecule has 0 aliphatic rings. The van der Waals surface area contributed by atoms with Gasteiger partial charge in [-0.3, -0.25) is 4.79 Å². The van der Waals surface area contributed by atoms with E-state index in [1.807, 2.05) is 0 Å². The lowest BCUT2D eigenvalue weighted by Crippen LogP contribution is -2.13. The van der Waals surface area contributed by atoms with Crippen molar-refractivity contribution in [1.29, 1.82) is 0 Å². The van der Waals surface area contributed by atoms with Gasteiger partial charge in [0.05, 0.1) is 19.3 Å². The molecule has 0 aliphatic heterocycles. The van der Waals surface area contributed by atoms with Crippen LogP contribution >= 0.6 is 11.8 Å².